The molecule has 0 bridgehead atoms. The number of hydrogen-bond acceptors (Lipinski definition) is 3. The maximum absolute atomic E-state index is 5.48. The highest BCUT2D eigenvalue weighted by Gasteiger charge is 2.20. The van der Waals surface area contributed by atoms with E-state index in [9.17, 15) is 0 Å². The van der Waals surface area contributed by atoms with Crippen LogP contribution in [-0.2, 0) is 6.54 Å². The highest BCUT2D eigenvalue weighted by Crippen LogP contribution is 2.36. The van der Waals surface area contributed by atoms with Gasteiger partial charge in [-0.05, 0) is 74.8 Å². The molecule has 0 N–H and O–H groups in total. The van der Waals surface area contributed by atoms with Crippen LogP contribution in [-0.4, -0.2) is 14.7 Å². The highest BCUT2D eigenvalue weighted by atomic mass is 16.5. The van der Waals surface area contributed by atoms with Crippen molar-refractivity contribution in [2.45, 2.75) is 72.8 Å². The van der Waals surface area contributed by atoms with E-state index in [1.165, 1.54) is 22.2 Å². The fourth-order valence-electron chi connectivity index (χ4n) is 4.54. The van der Waals surface area contributed by atoms with Crippen molar-refractivity contribution in [1.29, 1.82) is 0 Å². The van der Waals surface area contributed by atoms with Crippen molar-refractivity contribution < 1.29 is 4.52 Å². The molecule has 0 spiro atoms. The van der Waals surface area contributed by atoms with Gasteiger partial charge in [0.2, 0.25) is 0 Å². The molecule has 4 rings (SSSR count). The number of imidazole rings is 1. The summed E-state index contributed by atoms with van der Waals surface area (Å²) in [4.78, 5) is 5.02. The molecule has 1 aliphatic carbocycles. The van der Waals surface area contributed by atoms with Gasteiger partial charge in [0.25, 0.3) is 0 Å². The van der Waals surface area contributed by atoms with Crippen molar-refractivity contribution in [1.82, 2.24) is 14.7 Å². The van der Waals surface area contributed by atoms with E-state index in [0.29, 0.717) is 5.92 Å². The van der Waals surface area contributed by atoms with Crippen LogP contribution in [0.4, 0.5) is 0 Å². The molecule has 3 aromatic rings. The van der Waals surface area contributed by atoms with E-state index in [0.717, 1.165) is 60.6 Å². The topological polar surface area (TPSA) is 43.9 Å². The maximum atomic E-state index is 5.48. The summed E-state index contributed by atoms with van der Waals surface area (Å²) in [6.07, 6.45) is 11.5. The molecule has 0 aliphatic heterocycles. The summed E-state index contributed by atoms with van der Waals surface area (Å²) in [5.41, 5.74) is 8.27. The molecule has 4 heteroatoms. The van der Waals surface area contributed by atoms with Gasteiger partial charge in [0.15, 0.2) is 0 Å². The second kappa shape index (κ2) is 8.02. The second-order valence-electron chi connectivity index (χ2n) is 8.33. The number of benzene rings is 1. The predicted octanol–water partition coefficient (Wildman–Crippen LogP) is 6.80. The molecule has 2 aromatic heterocycles. The number of aryl methyl sites for hydroxylation is 3. The maximum Gasteiger partial charge on any atom is 0.141 e. The van der Waals surface area contributed by atoms with E-state index in [2.05, 4.69) is 60.9 Å². The first-order valence-corrected chi connectivity index (χ1v) is 10.8. The monoisotopic (exact) mass is 389 g/mol. The zero-order valence-corrected chi connectivity index (χ0v) is 18.2. The fraction of sp³-hybridized carbons (Fsp3) is 0.440. The lowest BCUT2D eigenvalue weighted by molar-refractivity contribution is 0.393. The molecule has 2 heterocycles. The van der Waals surface area contributed by atoms with E-state index in [1.807, 2.05) is 13.8 Å². The Labute approximate surface area is 173 Å². The van der Waals surface area contributed by atoms with Gasteiger partial charge in [0, 0.05) is 12.1 Å². The molecule has 0 saturated heterocycles. The molecule has 1 unspecified atom stereocenters. The average Bonchev–Trinajstić information content (AvgIpc) is 3.21. The van der Waals surface area contributed by atoms with Gasteiger partial charge in [-0.15, -0.1) is 0 Å². The predicted molar refractivity (Wildman–Crippen MR) is 119 cm³/mol. The summed E-state index contributed by atoms with van der Waals surface area (Å²) in [5.74, 6) is 2.40. The summed E-state index contributed by atoms with van der Waals surface area (Å²) in [6, 6.07) is 4.59. The van der Waals surface area contributed by atoms with Crippen LogP contribution in [0.15, 0.2) is 40.5 Å². The van der Waals surface area contributed by atoms with E-state index in [-0.39, 0.29) is 0 Å². The minimum Gasteiger partial charge on any atom is -0.361 e. The van der Waals surface area contributed by atoms with E-state index < -0.39 is 0 Å². The molecule has 0 amide bonds. The third kappa shape index (κ3) is 3.68. The Morgan fingerprint density at radius 2 is 2.00 bits per heavy atom. The minimum absolute atomic E-state index is 0.458. The zero-order valence-electron chi connectivity index (χ0n) is 18.2. The van der Waals surface area contributed by atoms with Gasteiger partial charge in [-0.25, -0.2) is 4.98 Å². The van der Waals surface area contributed by atoms with Gasteiger partial charge in [0.1, 0.15) is 11.6 Å². The number of allylic oxidation sites excluding steroid dienone is 4. The van der Waals surface area contributed by atoms with Gasteiger partial charge in [-0.2, -0.15) is 0 Å². The third-order valence-electron chi connectivity index (χ3n) is 6.06. The lowest BCUT2D eigenvalue weighted by atomic mass is 9.91. The van der Waals surface area contributed by atoms with Crippen LogP contribution >= 0.6 is 0 Å². The van der Waals surface area contributed by atoms with Gasteiger partial charge in [-0.3, -0.25) is 0 Å². The molecule has 0 fully saturated rings. The Bertz CT molecular complexity index is 1080. The molecule has 152 valence electrons. The quantitative estimate of drug-likeness (QED) is 0.466. The van der Waals surface area contributed by atoms with Crippen LogP contribution in [0, 0.1) is 20.8 Å². The van der Waals surface area contributed by atoms with Crippen LogP contribution in [0.1, 0.15) is 68.3 Å². The molecular weight excluding hydrogens is 358 g/mol. The molecular formula is C25H31N3O. The average molecular weight is 390 g/mol. The van der Waals surface area contributed by atoms with Crippen LogP contribution in [0.5, 0.6) is 0 Å². The second-order valence-corrected chi connectivity index (χ2v) is 8.33. The zero-order chi connectivity index (χ0) is 20.5. The Morgan fingerprint density at radius 1 is 1.17 bits per heavy atom. The highest BCUT2D eigenvalue weighted by molar-refractivity contribution is 5.87. The summed E-state index contributed by atoms with van der Waals surface area (Å²) in [6.45, 7) is 11.6. The molecule has 1 aromatic carbocycles. The Kier molecular flexibility index (Phi) is 5.44. The lowest BCUT2D eigenvalue weighted by Crippen LogP contribution is -2.04. The van der Waals surface area contributed by atoms with E-state index in [4.69, 9.17) is 9.51 Å². The van der Waals surface area contributed by atoms with Gasteiger partial charge >= 0.3 is 0 Å². The first-order valence-electron chi connectivity index (χ1n) is 10.8. The minimum atomic E-state index is 0.458. The molecule has 0 radical (unpaired) electrons. The lowest BCUT2D eigenvalue weighted by Gasteiger charge is -2.15. The first-order chi connectivity index (χ1) is 14.0. The number of fused-ring (bicyclic) bond motifs is 1. The Morgan fingerprint density at radius 3 is 2.66 bits per heavy atom. The largest absolute Gasteiger partial charge is 0.361 e. The van der Waals surface area contributed by atoms with Gasteiger partial charge in [0.05, 0.1) is 16.7 Å². The van der Waals surface area contributed by atoms with Crippen molar-refractivity contribution in [2.75, 3.05) is 0 Å². The van der Waals surface area contributed by atoms with Crippen molar-refractivity contribution in [2.24, 2.45) is 0 Å². The normalized spacial score (nSPS) is 15.1. The molecule has 0 saturated carbocycles. The van der Waals surface area contributed by atoms with E-state index in [1.54, 1.807) is 0 Å². The van der Waals surface area contributed by atoms with Crippen LogP contribution in [0.25, 0.3) is 22.2 Å². The van der Waals surface area contributed by atoms with E-state index >= 15 is 0 Å². The SMILES string of the molecule is CCCC(C)c1cc(-c2c(C)noc2C)cc2c1nc(C)n2CC1=CCCC=C1. The number of hydrogen-bond donors (Lipinski definition) is 0. The van der Waals surface area contributed by atoms with Crippen molar-refractivity contribution in [3.05, 3.63) is 58.8 Å². The fourth-order valence-corrected chi connectivity index (χ4v) is 4.54. The summed E-state index contributed by atoms with van der Waals surface area (Å²) in [7, 11) is 0. The molecule has 4 nitrogen and oxygen atoms in total. The number of rotatable bonds is 6. The Balaban J connectivity index is 1.92. The third-order valence-corrected chi connectivity index (χ3v) is 6.06. The first kappa shape index (κ1) is 19.7. The van der Waals surface area contributed by atoms with Gasteiger partial charge < -0.3 is 9.09 Å². The van der Waals surface area contributed by atoms with Crippen molar-refractivity contribution in [3.63, 3.8) is 0 Å². The van der Waals surface area contributed by atoms with Crippen LogP contribution in [0.2, 0.25) is 0 Å². The van der Waals surface area contributed by atoms with Crippen molar-refractivity contribution >= 4 is 11.0 Å². The number of aromatic nitrogens is 3. The summed E-state index contributed by atoms with van der Waals surface area (Å²) >= 11 is 0. The van der Waals surface area contributed by atoms with Gasteiger partial charge in [-0.1, -0.05) is 43.7 Å². The standard InChI is InChI=1S/C25H31N3O/c1-6-10-16(2)22-13-21(24-17(3)27-29-18(24)4)14-23-25(22)26-19(5)28(23)15-20-11-8-7-9-12-20/h8,11-14,16H,6-7,9-10,15H2,1-5H3. The summed E-state index contributed by atoms with van der Waals surface area (Å²) in [5, 5.41) is 4.19. The smallest absolute Gasteiger partial charge is 0.141 e. The number of nitrogens with zero attached hydrogens (tertiary/aromatic N) is 3. The molecule has 1 atom stereocenters. The Hall–Kier alpha value is -2.62. The van der Waals surface area contributed by atoms with Crippen LogP contribution in [0.3, 0.4) is 0 Å². The summed E-state index contributed by atoms with van der Waals surface area (Å²) < 4.78 is 7.84. The van der Waals surface area contributed by atoms with Crippen molar-refractivity contribution in [3.8, 4) is 11.1 Å². The van der Waals surface area contributed by atoms with Crippen LogP contribution < -0.4 is 0 Å². The molecule has 1 aliphatic rings. The molecule has 29 heavy (non-hydrogen) atoms.